The van der Waals surface area contributed by atoms with Crippen LogP contribution in [-0.2, 0) is 0 Å². The average Bonchev–Trinajstić information content (AvgIpc) is 3.24. The molecular weight excluding hydrogens is 426 g/mol. The van der Waals surface area contributed by atoms with E-state index in [9.17, 15) is 9.59 Å². The molecule has 0 saturated carbocycles. The Balaban J connectivity index is 1.36. The van der Waals surface area contributed by atoms with Crippen LogP contribution in [0.25, 0.3) is 16.9 Å². The van der Waals surface area contributed by atoms with E-state index in [2.05, 4.69) is 9.97 Å². The summed E-state index contributed by atoms with van der Waals surface area (Å²) in [5.74, 6) is 0.405. The molecule has 160 valence electrons. The highest BCUT2D eigenvalue weighted by atomic mass is 35.5. The van der Waals surface area contributed by atoms with E-state index in [-0.39, 0.29) is 11.8 Å². The standard InChI is InChI=1S/C24H20ClN5O2/c25-18-8-6-17(7-9-18)22(31)28-12-14-29(15-13-28)23(32)20-16-30(24-26-10-3-11-27-24)21-5-2-1-4-19(20)21/h1-11,16H,12-15H2. The summed E-state index contributed by atoms with van der Waals surface area (Å²) in [6, 6.07) is 16.3. The second-order valence-electron chi connectivity index (χ2n) is 7.57. The Kier molecular flexibility index (Phi) is 5.33. The minimum absolute atomic E-state index is 0.0494. The van der Waals surface area contributed by atoms with Gasteiger partial charge >= 0.3 is 0 Å². The molecule has 5 rings (SSSR count). The molecule has 8 heteroatoms. The van der Waals surface area contributed by atoms with Crippen molar-refractivity contribution in [2.45, 2.75) is 0 Å². The molecule has 0 bridgehead atoms. The van der Waals surface area contributed by atoms with Crippen molar-refractivity contribution in [3.8, 4) is 5.95 Å². The van der Waals surface area contributed by atoms with Crippen molar-refractivity contribution >= 4 is 34.3 Å². The van der Waals surface area contributed by atoms with Crippen molar-refractivity contribution in [1.29, 1.82) is 0 Å². The molecule has 0 aliphatic carbocycles. The first-order valence-electron chi connectivity index (χ1n) is 10.3. The molecule has 0 N–H and O–H groups in total. The molecule has 2 aromatic heterocycles. The monoisotopic (exact) mass is 445 g/mol. The van der Waals surface area contributed by atoms with E-state index in [1.54, 1.807) is 58.7 Å². The molecule has 2 amide bonds. The van der Waals surface area contributed by atoms with Crippen LogP contribution in [-0.4, -0.2) is 62.3 Å². The maximum absolute atomic E-state index is 13.4. The predicted octanol–water partition coefficient (Wildman–Crippen LogP) is 3.67. The third-order valence-corrected chi connectivity index (χ3v) is 5.91. The number of fused-ring (bicyclic) bond motifs is 1. The van der Waals surface area contributed by atoms with Crippen LogP contribution >= 0.6 is 11.6 Å². The van der Waals surface area contributed by atoms with Gasteiger partial charge in [-0.1, -0.05) is 29.8 Å². The van der Waals surface area contributed by atoms with Crippen molar-refractivity contribution in [2.24, 2.45) is 0 Å². The highest BCUT2D eigenvalue weighted by molar-refractivity contribution is 6.30. The van der Waals surface area contributed by atoms with Gasteiger partial charge in [-0.05, 0) is 36.4 Å². The molecule has 1 aliphatic heterocycles. The molecule has 1 fully saturated rings. The lowest BCUT2D eigenvalue weighted by molar-refractivity contribution is 0.0536. The summed E-state index contributed by atoms with van der Waals surface area (Å²) < 4.78 is 1.84. The Hall–Kier alpha value is -3.71. The lowest BCUT2D eigenvalue weighted by Crippen LogP contribution is -2.50. The first-order valence-corrected chi connectivity index (χ1v) is 10.7. The number of hydrogen-bond donors (Lipinski definition) is 0. The molecule has 7 nitrogen and oxygen atoms in total. The number of rotatable bonds is 3. The van der Waals surface area contributed by atoms with Crippen molar-refractivity contribution < 1.29 is 9.59 Å². The molecule has 1 saturated heterocycles. The zero-order valence-electron chi connectivity index (χ0n) is 17.2. The Bertz CT molecular complexity index is 1280. The van der Waals surface area contributed by atoms with Crippen LogP contribution in [0.4, 0.5) is 0 Å². The molecule has 0 radical (unpaired) electrons. The molecule has 3 heterocycles. The first-order chi connectivity index (χ1) is 15.6. The van der Waals surface area contributed by atoms with Crippen molar-refractivity contribution in [3.05, 3.63) is 89.3 Å². The van der Waals surface area contributed by atoms with Crippen LogP contribution in [0.2, 0.25) is 5.02 Å². The minimum atomic E-state index is -0.0607. The molecule has 32 heavy (non-hydrogen) atoms. The minimum Gasteiger partial charge on any atom is -0.335 e. The fourth-order valence-electron chi connectivity index (χ4n) is 3.99. The van der Waals surface area contributed by atoms with Gasteiger partial charge in [-0.3, -0.25) is 14.2 Å². The smallest absolute Gasteiger partial charge is 0.256 e. The first kappa shape index (κ1) is 20.2. The van der Waals surface area contributed by atoms with Crippen LogP contribution in [0.3, 0.4) is 0 Å². The van der Waals surface area contributed by atoms with E-state index >= 15 is 0 Å². The van der Waals surface area contributed by atoms with Gasteiger partial charge in [-0.15, -0.1) is 0 Å². The largest absolute Gasteiger partial charge is 0.335 e. The number of benzene rings is 2. The van der Waals surface area contributed by atoms with E-state index in [1.165, 1.54) is 0 Å². The highest BCUT2D eigenvalue weighted by Gasteiger charge is 2.27. The normalized spacial score (nSPS) is 14.0. The van der Waals surface area contributed by atoms with Gasteiger partial charge in [0.1, 0.15) is 0 Å². The van der Waals surface area contributed by atoms with Gasteiger partial charge in [-0.2, -0.15) is 0 Å². The number of piperazine rings is 1. The summed E-state index contributed by atoms with van der Waals surface area (Å²) in [6.45, 7) is 1.90. The quantitative estimate of drug-likeness (QED) is 0.482. The van der Waals surface area contributed by atoms with Crippen molar-refractivity contribution in [1.82, 2.24) is 24.3 Å². The molecule has 0 unspecified atom stereocenters. The Labute approximate surface area is 189 Å². The van der Waals surface area contributed by atoms with Crippen molar-refractivity contribution in [3.63, 3.8) is 0 Å². The average molecular weight is 446 g/mol. The summed E-state index contributed by atoms with van der Waals surface area (Å²) in [7, 11) is 0. The number of aromatic nitrogens is 3. The lowest BCUT2D eigenvalue weighted by Gasteiger charge is -2.34. The van der Waals surface area contributed by atoms with Crippen LogP contribution in [0.5, 0.6) is 0 Å². The van der Waals surface area contributed by atoms with Crippen molar-refractivity contribution in [2.75, 3.05) is 26.2 Å². The number of para-hydroxylation sites is 1. The second kappa shape index (κ2) is 8.43. The third-order valence-electron chi connectivity index (χ3n) is 5.66. The maximum atomic E-state index is 13.4. The zero-order valence-corrected chi connectivity index (χ0v) is 17.9. The van der Waals surface area contributed by atoms with Gasteiger partial charge in [-0.25, -0.2) is 9.97 Å². The molecule has 0 atom stereocenters. The van der Waals surface area contributed by atoms with Crippen LogP contribution < -0.4 is 0 Å². The summed E-state index contributed by atoms with van der Waals surface area (Å²) >= 11 is 5.92. The summed E-state index contributed by atoms with van der Waals surface area (Å²) in [5, 5.41) is 1.45. The molecule has 1 aliphatic rings. The van der Waals surface area contributed by atoms with Crippen LogP contribution in [0, 0.1) is 0 Å². The topological polar surface area (TPSA) is 71.3 Å². The molecule has 2 aromatic carbocycles. The van der Waals surface area contributed by atoms with Gasteiger partial charge in [0.15, 0.2) is 0 Å². The number of hydrogen-bond acceptors (Lipinski definition) is 4. The van der Waals surface area contributed by atoms with Gasteiger partial charge in [0.25, 0.3) is 11.8 Å². The molecule has 0 spiro atoms. The summed E-state index contributed by atoms with van der Waals surface area (Å²) in [6.07, 6.45) is 5.15. The zero-order chi connectivity index (χ0) is 22.1. The van der Waals surface area contributed by atoms with Crippen LogP contribution in [0.15, 0.2) is 73.2 Å². The van der Waals surface area contributed by atoms with Crippen LogP contribution in [0.1, 0.15) is 20.7 Å². The fraction of sp³-hybridized carbons (Fsp3) is 0.167. The Morgan fingerprint density at radius 2 is 1.41 bits per heavy atom. The highest BCUT2D eigenvalue weighted by Crippen LogP contribution is 2.25. The van der Waals surface area contributed by atoms with E-state index in [0.29, 0.717) is 48.3 Å². The van der Waals surface area contributed by atoms with E-state index in [1.807, 2.05) is 28.8 Å². The summed E-state index contributed by atoms with van der Waals surface area (Å²) in [5.41, 5.74) is 2.07. The number of nitrogens with zero attached hydrogens (tertiary/aromatic N) is 5. The second-order valence-corrected chi connectivity index (χ2v) is 8.01. The Morgan fingerprint density at radius 1 is 0.781 bits per heavy atom. The lowest BCUT2D eigenvalue weighted by atomic mass is 10.1. The predicted molar refractivity (Wildman–Crippen MR) is 122 cm³/mol. The number of carbonyl (C=O) groups is 2. The Morgan fingerprint density at radius 3 is 2.09 bits per heavy atom. The van der Waals surface area contributed by atoms with Gasteiger partial charge in [0.05, 0.1) is 11.1 Å². The van der Waals surface area contributed by atoms with Gasteiger partial charge in [0, 0.05) is 60.7 Å². The van der Waals surface area contributed by atoms with E-state index < -0.39 is 0 Å². The maximum Gasteiger partial charge on any atom is 0.256 e. The number of carbonyl (C=O) groups excluding carboxylic acids is 2. The van der Waals surface area contributed by atoms with Gasteiger partial charge < -0.3 is 9.80 Å². The molecular formula is C24H20ClN5O2. The van der Waals surface area contributed by atoms with Gasteiger partial charge in [0.2, 0.25) is 5.95 Å². The fourth-order valence-corrected chi connectivity index (χ4v) is 4.12. The van der Waals surface area contributed by atoms with E-state index in [0.717, 1.165) is 10.9 Å². The third kappa shape index (κ3) is 3.71. The SMILES string of the molecule is O=C(c1ccc(Cl)cc1)N1CCN(C(=O)c2cn(-c3ncccn3)c3ccccc23)CC1. The number of halogens is 1. The summed E-state index contributed by atoms with van der Waals surface area (Å²) in [4.78, 5) is 38.4. The molecule has 4 aromatic rings. The van der Waals surface area contributed by atoms with E-state index in [4.69, 9.17) is 11.6 Å². The number of amides is 2.